The normalized spacial score (nSPS) is 14.8. The summed E-state index contributed by atoms with van der Waals surface area (Å²) in [6, 6.07) is 8.73. The quantitative estimate of drug-likeness (QED) is 0.840. The van der Waals surface area contributed by atoms with Gasteiger partial charge in [-0.2, -0.15) is 0 Å². The van der Waals surface area contributed by atoms with Crippen LogP contribution in [0, 0.1) is 0 Å². The Labute approximate surface area is 141 Å². The van der Waals surface area contributed by atoms with Gasteiger partial charge >= 0.3 is 0 Å². The fourth-order valence-corrected chi connectivity index (χ4v) is 3.64. The van der Waals surface area contributed by atoms with Crippen molar-refractivity contribution in [3.8, 4) is 0 Å². The summed E-state index contributed by atoms with van der Waals surface area (Å²) in [7, 11) is 0. The third-order valence-corrected chi connectivity index (χ3v) is 5.03. The third kappa shape index (κ3) is 4.55. The summed E-state index contributed by atoms with van der Waals surface area (Å²) >= 11 is 1.54. The van der Waals surface area contributed by atoms with Gasteiger partial charge in [-0.25, -0.2) is 4.98 Å². The highest BCUT2D eigenvalue weighted by atomic mass is 32.1. The molecule has 1 fully saturated rings. The van der Waals surface area contributed by atoms with Crippen LogP contribution in [0.4, 0.5) is 10.8 Å². The second-order valence-corrected chi connectivity index (χ2v) is 6.90. The van der Waals surface area contributed by atoms with E-state index >= 15 is 0 Å². The van der Waals surface area contributed by atoms with E-state index < -0.39 is 0 Å². The molecule has 4 nitrogen and oxygen atoms in total. The van der Waals surface area contributed by atoms with E-state index in [9.17, 15) is 4.79 Å². The zero-order valence-electron chi connectivity index (χ0n) is 13.5. The topological polar surface area (TPSA) is 54.0 Å². The number of hydrogen-bond donors (Lipinski definition) is 2. The number of carbonyl (C=O) groups is 1. The molecule has 2 N–H and O–H groups in total. The first-order valence-electron chi connectivity index (χ1n) is 8.32. The maximum Gasteiger partial charge on any atom is 0.226 e. The second-order valence-electron chi connectivity index (χ2n) is 6.05. The number of aryl methyl sites for hydroxylation is 1. The predicted octanol–water partition coefficient (Wildman–Crippen LogP) is 4.05. The standard InChI is InChI=1S/C18H23N3OS/c1-2-13-7-9-15(10-8-13)20-18-21-16(12-23-18)11-17(22)19-14-5-3-4-6-14/h7-10,12,14H,2-6,11H2,1H3,(H,19,22)(H,20,21). The van der Waals surface area contributed by atoms with Crippen LogP contribution in [-0.4, -0.2) is 16.9 Å². The zero-order valence-corrected chi connectivity index (χ0v) is 14.3. The van der Waals surface area contributed by atoms with Gasteiger partial charge in [0.15, 0.2) is 5.13 Å². The fraction of sp³-hybridized carbons (Fsp3) is 0.444. The average Bonchev–Trinajstić information content (AvgIpc) is 3.20. The molecular formula is C18H23N3OS. The molecule has 1 saturated carbocycles. The van der Waals surface area contributed by atoms with E-state index in [4.69, 9.17) is 0 Å². The summed E-state index contributed by atoms with van der Waals surface area (Å²) < 4.78 is 0. The molecule has 0 unspecified atom stereocenters. The minimum atomic E-state index is 0.0843. The van der Waals surface area contributed by atoms with E-state index in [2.05, 4.69) is 46.8 Å². The van der Waals surface area contributed by atoms with E-state index in [-0.39, 0.29) is 5.91 Å². The first-order valence-corrected chi connectivity index (χ1v) is 9.20. The molecule has 1 aromatic heterocycles. The van der Waals surface area contributed by atoms with E-state index in [1.807, 2.05) is 5.38 Å². The van der Waals surface area contributed by atoms with E-state index in [0.717, 1.165) is 35.8 Å². The van der Waals surface area contributed by atoms with Gasteiger partial charge in [-0.15, -0.1) is 11.3 Å². The summed E-state index contributed by atoms with van der Waals surface area (Å²) in [6.45, 7) is 2.15. The van der Waals surface area contributed by atoms with Crippen LogP contribution < -0.4 is 10.6 Å². The number of amides is 1. The lowest BCUT2D eigenvalue weighted by Crippen LogP contribution is -2.33. The molecule has 0 bridgehead atoms. The number of benzene rings is 1. The van der Waals surface area contributed by atoms with Crippen LogP contribution in [0.15, 0.2) is 29.6 Å². The number of aromatic nitrogens is 1. The number of nitrogens with zero attached hydrogens (tertiary/aromatic N) is 1. The smallest absolute Gasteiger partial charge is 0.226 e. The van der Waals surface area contributed by atoms with Crippen LogP contribution in [0.1, 0.15) is 43.9 Å². The van der Waals surface area contributed by atoms with Gasteiger partial charge in [0.2, 0.25) is 5.91 Å². The van der Waals surface area contributed by atoms with Crippen molar-refractivity contribution in [2.75, 3.05) is 5.32 Å². The summed E-state index contributed by atoms with van der Waals surface area (Å²) in [5, 5.41) is 9.19. The van der Waals surface area contributed by atoms with Crippen molar-refractivity contribution in [1.29, 1.82) is 0 Å². The fourth-order valence-electron chi connectivity index (χ4n) is 2.91. The van der Waals surface area contributed by atoms with Gasteiger partial charge in [-0.1, -0.05) is 31.9 Å². The molecule has 0 aliphatic heterocycles. The van der Waals surface area contributed by atoms with Gasteiger partial charge < -0.3 is 10.6 Å². The molecule has 1 aliphatic carbocycles. The Balaban J connectivity index is 1.53. The molecule has 3 rings (SSSR count). The lowest BCUT2D eigenvalue weighted by molar-refractivity contribution is -0.121. The lowest BCUT2D eigenvalue weighted by atomic mass is 10.1. The van der Waals surface area contributed by atoms with Crippen LogP contribution in [0.2, 0.25) is 0 Å². The van der Waals surface area contributed by atoms with Crippen molar-refractivity contribution in [2.45, 2.75) is 51.5 Å². The molecule has 0 atom stereocenters. The van der Waals surface area contributed by atoms with Gasteiger partial charge in [0.05, 0.1) is 12.1 Å². The molecule has 1 amide bonds. The Morgan fingerprint density at radius 3 is 2.70 bits per heavy atom. The Bertz CT molecular complexity index is 645. The van der Waals surface area contributed by atoms with E-state index in [1.165, 1.54) is 29.7 Å². The number of anilines is 2. The molecule has 23 heavy (non-hydrogen) atoms. The van der Waals surface area contributed by atoms with Crippen LogP contribution in [0.25, 0.3) is 0 Å². The largest absolute Gasteiger partial charge is 0.353 e. The molecule has 5 heteroatoms. The summed E-state index contributed by atoms with van der Waals surface area (Å²) in [6.07, 6.45) is 6.09. The molecule has 0 saturated heterocycles. The molecule has 1 aromatic carbocycles. The minimum absolute atomic E-state index is 0.0843. The van der Waals surface area contributed by atoms with Crippen molar-refractivity contribution >= 4 is 28.1 Å². The number of thiazole rings is 1. The summed E-state index contributed by atoms with van der Waals surface area (Å²) in [5.74, 6) is 0.0843. The molecule has 1 heterocycles. The highest BCUT2D eigenvalue weighted by Gasteiger charge is 2.17. The molecule has 0 radical (unpaired) electrons. The summed E-state index contributed by atoms with van der Waals surface area (Å²) in [5.41, 5.74) is 3.18. The minimum Gasteiger partial charge on any atom is -0.353 e. The van der Waals surface area contributed by atoms with Crippen molar-refractivity contribution in [2.24, 2.45) is 0 Å². The van der Waals surface area contributed by atoms with Gasteiger partial charge in [0.1, 0.15) is 0 Å². The van der Waals surface area contributed by atoms with Gasteiger partial charge in [0.25, 0.3) is 0 Å². The molecular weight excluding hydrogens is 306 g/mol. The Kier molecular flexibility index (Phi) is 5.28. The molecule has 1 aliphatic rings. The second kappa shape index (κ2) is 7.59. The Morgan fingerprint density at radius 2 is 2.00 bits per heavy atom. The van der Waals surface area contributed by atoms with Crippen LogP contribution >= 0.6 is 11.3 Å². The third-order valence-electron chi connectivity index (χ3n) is 4.23. The lowest BCUT2D eigenvalue weighted by Gasteiger charge is -2.10. The molecule has 122 valence electrons. The zero-order chi connectivity index (χ0) is 16.1. The number of nitrogens with one attached hydrogen (secondary N) is 2. The maximum atomic E-state index is 12.0. The SMILES string of the molecule is CCc1ccc(Nc2nc(CC(=O)NC3CCCC3)cs2)cc1. The highest BCUT2D eigenvalue weighted by Crippen LogP contribution is 2.22. The average molecular weight is 329 g/mol. The highest BCUT2D eigenvalue weighted by molar-refractivity contribution is 7.13. The van der Waals surface area contributed by atoms with Gasteiger partial charge in [-0.3, -0.25) is 4.79 Å². The van der Waals surface area contributed by atoms with Crippen molar-refractivity contribution in [3.05, 3.63) is 40.9 Å². The van der Waals surface area contributed by atoms with Crippen LogP contribution in [-0.2, 0) is 17.6 Å². The number of carbonyl (C=O) groups excluding carboxylic acids is 1. The monoisotopic (exact) mass is 329 g/mol. The van der Waals surface area contributed by atoms with Crippen molar-refractivity contribution in [1.82, 2.24) is 10.3 Å². The van der Waals surface area contributed by atoms with Crippen molar-refractivity contribution < 1.29 is 4.79 Å². The predicted molar refractivity (Wildman–Crippen MR) is 95.3 cm³/mol. The van der Waals surface area contributed by atoms with Gasteiger partial charge in [0, 0.05) is 17.1 Å². The van der Waals surface area contributed by atoms with E-state index in [0.29, 0.717) is 12.5 Å². The Hall–Kier alpha value is -1.88. The number of hydrogen-bond acceptors (Lipinski definition) is 4. The van der Waals surface area contributed by atoms with Crippen molar-refractivity contribution in [3.63, 3.8) is 0 Å². The first-order chi connectivity index (χ1) is 11.2. The molecule has 0 spiro atoms. The van der Waals surface area contributed by atoms with Crippen LogP contribution in [0.5, 0.6) is 0 Å². The number of rotatable bonds is 6. The molecule has 2 aromatic rings. The maximum absolute atomic E-state index is 12.0. The summed E-state index contributed by atoms with van der Waals surface area (Å²) in [4.78, 5) is 16.5. The van der Waals surface area contributed by atoms with E-state index in [1.54, 1.807) is 0 Å². The first kappa shape index (κ1) is 16.0. The van der Waals surface area contributed by atoms with Gasteiger partial charge in [-0.05, 0) is 37.0 Å². The Morgan fingerprint density at radius 1 is 1.26 bits per heavy atom. The van der Waals surface area contributed by atoms with Crippen LogP contribution in [0.3, 0.4) is 0 Å².